The van der Waals surface area contributed by atoms with Crippen molar-refractivity contribution < 1.29 is 4.74 Å². The lowest BCUT2D eigenvalue weighted by Crippen LogP contribution is -2.21. The monoisotopic (exact) mass is 223 g/mol. The van der Waals surface area contributed by atoms with Crippen LogP contribution in [0.2, 0.25) is 0 Å². The van der Waals surface area contributed by atoms with Gasteiger partial charge in [0.1, 0.15) is 5.75 Å². The van der Waals surface area contributed by atoms with Crippen LogP contribution in [0.4, 0.5) is 5.69 Å². The molecular weight excluding hydrogens is 206 g/mol. The van der Waals surface area contributed by atoms with E-state index in [0.29, 0.717) is 6.10 Å². The van der Waals surface area contributed by atoms with Gasteiger partial charge in [0.2, 0.25) is 0 Å². The molecule has 1 unspecified atom stereocenters. The average Bonchev–Trinajstić information content (AvgIpc) is 2.29. The number of fused-ring (bicyclic) bond motifs is 1. The summed E-state index contributed by atoms with van der Waals surface area (Å²) in [6.07, 6.45) is 5.83. The fourth-order valence-corrected chi connectivity index (χ4v) is 2.28. The minimum absolute atomic E-state index is 0.414. The van der Waals surface area contributed by atoms with Crippen LogP contribution in [-0.2, 0) is 6.42 Å². The lowest BCUT2D eigenvalue weighted by molar-refractivity contribution is 0.169. The summed E-state index contributed by atoms with van der Waals surface area (Å²) < 4.78 is 9.12. The van der Waals surface area contributed by atoms with Gasteiger partial charge in [0.05, 0.1) is 6.10 Å². The van der Waals surface area contributed by atoms with E-state index >= 15 is 0 Å². The average molecular weight is 223 g/mol. The van der Waals surface area contributed by atoms with Crippen LogP contribution in [0.5, 0.6) is 5.75 Å². The Kier molecular flexibility index (Phi) is 3.41. The number of rotatable bonds is 3. The minimum Gasteiger partial charge on any atom is -0.490 e. The highest BCUT2D eigenvalue weighted by Gasteiger charge is 2.18. The molecule has 0 aromatic heterocycles. The van der Waals surface area contributed by atoms with E-state index < -0.39 is 0 Å². The molecule has 0 bridgehead atoms. The van der Waals surface area contributed by atoms with Crippen LogP contribution in [0.1, 0.15) is 25.3 Å². The number of nitrogens with one attached hydrogen (secondary N) is 1. The Morgan fingerprint density at radius 1 is 1.53 bits per heavy atom. The Morgan fingerprint density at radius 3 is 3.13 bits per heavy atom. The first kappa shape index (κ1) is 10.7. The van der Waals surface area contributed by atoms with E-state index in [-0.39, 0.29) is 0 Å². The molecule has 0 aliphatic carbocycles. The molecule has 1 heterocycles. The molecule has 82 valence electrons. The normalized spacial score (nSPS) is 19.2. The summed E-state index contributed by atoms with van der Waals surface area (Å²) >= 11 is 1.62. The topological polar surface area (TPSA) is 21.3 Å². The van der Waals surface area contributed by atoms with Crippen molar-refractivity contribution >= 4 is 17.6 Å². The third-order valence-electron chi connectivity index (χ3n) is 2.77. The molecule has 0 radical (unpaired) electrons. The maximum Gasteiger partial charge on any atom is 0.123 e. The highest BCUT2D eigenvalue weighted by atomic mass is 32.2. The van der Waals surface area contributed by atoms with E-state index in [9.17, 15) is 0 Å². The largest absolute Gasteiger partial charge is 0.490 e. The second-order valence-corrected chi connectivity index (χ2v) is 4.43. The van der Waals surface area contributed by atoms with Crippen LogP contribution < -0.4 is 9.46 Å². The number of hydrogen-bond acceptors (Lipinski definition) is 3. The molecule has 2 nitrogen and oxygen atoms in total. The zero-order valence-corrected chi connectivity index (χ0v) is 10.1. The second kappa shape index (κ2) is 4.79. The second-order valence-electron chi connectivity index (χ2n) is 3.82. The number of benzene rings is 1. The number of ether oxygens (including phenoxy) is 1. The molecule has 0 fully saturated rings. The summed E-state index contributed by atoms with van der Waals surface area (Å²) in [5.41, 5.74) is 2.50. The summed E-state index contributed by atoms with van der Waals surface area (Å²) in [7, 11) is 0. The first-order valence-corrected chi connectivity index (χ1v) is 6.64. The molecule has 1 aliphatic heterocycles. The van der Waals surface area contributed by atoms with Crippen molar-refractivity contribution in [1.82, 2.24) is 0 Å². The molecule has 1 aromatic rings. The van der Waals surface area contributed by atoms with Crippen LogP contribution >= 0.6 is 11.9 Å². The first-order valence-electron chi connectivity index (χ1n) is 5.42. The molecule has 1 aromatic carbocycles. The summed E-state index contributed by atoms with van der Waals surface area (Å²) in [5.74, 6) is 1.07. The minimum atomic E-state index is 0.414. The van der Waals surface area contributed by atoms with Gasteiger partial charge in [-0.15, -0.1) is 0 Å². The summed E-state index contributed by atoms with van der Waals surface area (Å²) in [6.45, 7) is 2.18. The molecule has 3 heteroatoms. The van der Waals surface area contributed by atoms with Gasteiger partial charge in [0, 0.05) is 11.9 Å². The number of hydrogen-bond donors (Lipinski definition) is 1. The van der Waals surface area contributed by atoms with Crippen molar-refractivity contribution in [3.05, 3.63) is 23.8 Å². The van der Waals surface area contributed by atoms with Crippen molar-refractivity contribution in [2.75, 3.05) is 11.0 Å². The Hall–Kier alpha value is -0.830. The molecule has 1 aliphatic rings. The van der Waals surface area contributed by atoms with Gasteiger partial charge in [0.15, 0.2) is 0 Å². The summed E-state index contributed by atoms with van der Waals surface area (Å²) in [6, 6.07) is 6.35. The van der Waals surface area contributed by atoms with Crippen molar-refractivity contribution in [1.29, 1.82) is 0 Å². The Morgan fingerprint density at radius 2 is 2.40 bits per heavy atom. The number of aryl methyl sites for hydroxylation is 1. The van der Waals surface area contributed by atoms with E-state index in [2.05, 4.69) is 29.8 Å². The van der Waals surface area contributed by atoms with Crippen LogP contribution in [0.25, 0.3) is 0 Å². The third-order valence-corrected chi connectivity index (χ3v) is 3.20. The van der Waals surface area contributed by atoms with E-state index in [1.807, 2.05) is 6.26 Å². The van der Waals surface area contributed by atoms with Gasteiger partial charge < -0.3 is 9.46 Å². The third kappa shape index (κ3) is 2.40. The maximum absolute atomic E-state index is 5.88. The fraction of sp³-hybridized carbons (Fsp3) is 0.500. The predicted octanol–water partition coefficient (Wildman–Crippen LogP) is 3.48. The van der Waals surface area contributed by atoms with Crippen molar-refractivity contribution in [2.24, 2.45) is 0 Å². The van der Waals surface area contributed by atoms with Crippen molar-refractivity contribution in [3.8, 4) is 5.75 Å². The van der Waals surface area contributed by atoms with Crippen LogP contribution in [-0.4, -0.2) is 12.4 Å². The smallest absolute Gasteiger partial charge is 0.123 e. The van der Waals surface area contributed by atoms with Gasteiger partial charge in [-0.2, -0.15) is 0 Å². The quantitative estimate of drug-likeness (QED) is 0.793. The lowest BCUT2D eigenvalue weighted by atomic mass is 10.0. The molecule has 2 rings (SSSR count). The Labute approximate surface area is 95.5 Å². The predicted molar refractivity (Wildman–Crippen MR) is 66.6 cm³/mol. The van der Waals surface area contributed by atoms with Crippen LogP contribution in [0, 0.1) is 0 Å². The molecule has 0 saturated carbocycles. The van der Waals surface area contributed by atoms with Gasteiger partial charge in [-0.1, -0.05) is 18.9 Å². The maximum atomic E-state index is 5.88. The Balaban J connectivity index is 2.17. The Bertz CT molecular complexity index is 340. The van der Waals surface area contributed by atoms with Gasteiger partial charge in [-0.25, -0.2) is 0 Å². The van der Waals surface area contributed by atoms with Gasteiger partial charge in [-0.3, -0.25) is 0 Å². The van der Waals surface area contributed by atoms with E-state index in [4.69, 9.17) is 4.74 Å². The molecule has 1 N–H and O–H groups in total. The summed E-state index contributed by atoms with van der Waals surface area (Å²) in [4.78, 5) is 0. The van der Waals surface area contributed by atoms with Crippen molar-refractivity contribution in [3.63, 3.8) is 0 Å². The van der Waals surface area contributed by atoms with Gasteiger partial charge >= 0.3 is 0 Å². The number of anilines is 1. The van der Waals surface area contributed by atoms with Gasteiger partial charge in [0.25, 0.3) is 0 Å². The highest BCUT2D eigenvalue weighted by molar-refractivity contribution is 7.99. The molecule has 1 atom stereocenters. The zero-order valence-electron chi connectivity index (χ0n) is 9.25. The first-order chi connectivity index (χ1) is 7.33. The van der Waals surface area contributed by atoms with Crippen LogP contribution in [0.15, 0.2) is 18.2 Å². The molecule has 0 amide bonds. The lowest BCUT2D eigenvalue weighted by Gasteiger charge is -2.25. The molecule has 15 heavy (non-hydrogen) atoms. The standard InChI is InChI=1S/C12H17NOS/c1-3-11-6-4-9-8-10(13-15-2)5-7-12(9)14-11/h5,7-8,11,13H,3-4,6H2,1-2H3. The molecular formula is C12H17NOS. The van der Waals surface area contributed by atoms with Crippen LogP contribution in [0.3, 0.4) is 0 Å². The molecule has 0 spiro atoms. The highest BCUT2D eigenvalue weighted by Crippen LogP contribution is 2.31. The van der Waals surface area contributed by atoms with E-state index in [1.165, 1.54) is 11.3 Å². The van der Waals surface area contributed by atoms with Gasteiger partial charge in [-0.05, 0) is 43.0 Å². The molecule has 0 saturated heterocycles. The van der Waals surface area contributed by atoms with E-state index in [1.54, 1.807) is 11.9 Å². The van der Waals surface area contributed by atoms with E-state index in [0.717, 1.165) is 25.0 Å². The van der Waals surface area contributed by atoms with Crippen molar-refractivity contribution in [2.45, 2.75) is 32.3 Å². The fourth-order valence-electron chi connectivity index (χ4n) is 1.91. The zero-order chi connectivity index (χ0) is 10.7. The summed E-state index contributed by atoms with van der Waals surface area (Å²) in [5, 5.41) is 0. The SMILES string of the molecule is CCC1CCc2cc(NSC)ccc2O1.